The van der Waals surface area contributed by atoms with E-state index in [1.807, 2.05) is 117 Å². The number of fused-ring (bicyclic) bond motifs is 3. The van der Waals surface area contributed by atoms with Crippen LogP contribution < -0.4 is 41.1 Å². The highest BCUT2D eigenvalue weighted by molar-refractivity contribution is 7.49. The molecule has 0 spiro atoms. The summed E-state index contributed by atoms with van der Waals surface area (Å²) in [7, 11) is -4.20. The molecule has 12 aromatic rings. The number of hydrogen-bond donors (Lipinski definition) is 5. The van der Waals surface area contributed by atoms with Crippen LogP contribution in [-0.4, -0.2) is 158 Å². The van der Waals surface area contributed by atoms with Crippen molar-refractivity contribution in [3.05, 3.63) is 242 Å². The quantitative estimate of drug-likeness (QED) is 0.0140. The lowest BCUT2D eigenvalue weighted by atomic mass is 9.76. The molecule has 5 N–H and O–H groups in total. The summed E-state index contributed by atoms with van der Waals surface area (Å²) < 4.78 is 100. The Morgan fingerprint density at radius 1 is 0.624 bits per heavy atom. The monoisotopic (exact) mass is 1780 g/mol. The van der Waals surface area contributed by atoms with Crippen molar-refractivity contribution in [1.29, 1.82) is 5.26 Å². The van der Waals surface area contributed by atoms with Crippen LogP contribution in [0.2, 0.25) is 10.0 Å². The molecular formula is C87H93Cl2N17O17P2. The van der Waals surface area contributed by atoms with Gasteiger partial charge >= 0.3 is 7.82 Å². The number of amides is 3. The molecule has 6 aromatic heterocycles. The smallest absolute Gasteiger partial charge is 0.497 e. The van der Waals surface area contributed by atoms with Crippen LogP contribution in [-0.2, 0) is 56.8 Å². The summed E-state index contributed by atoms with van der Waals surface area (Å²) in [6.07, 6.45) is -3.94. The number of benzene rings is 6. The molecule has 3 aliphatic heterocycles. The molecule has 652 valence electrons. The first-order chi connectivity index (χ1) is 60.3. The highest BCUT2D eigenvalue weighted by Crippen LogP contribution is 2.59. The highest BCUT2D eigenvalue weighted by Gasteiger charge is 2.55. The molecule has 3 saturated heterocycles. The second kappa shape index (κ2) is 38.7. The molecule has 34 nitrogen and oxygen atoms in total. The molecule has 9 heterocycles. The number of carbonyl (C=O) groups excluding carboxylic acids is 3. The lowest BCUT2D eigenvalue weighted by Crippen LogP contribution is -2.41. The van der Waals surface area contributed by atoms with Crippen molar-refractivity contribution in [2.45, 2.75) is 154 Å². The highest BCUT2D eigenvalue weighted by atomic mass is 35.5. The summed E-state index contributed by atoms with van der Waals surface area (Å²) in [6, 6.07) is 48.8. The van der Waals surface area contributed by atoms with Crippen molar-refractivity contribution >= 4 is 108 Å². The van der Waals surface area contributed by atoms with E-state index in [0.29, 0.717) is 38.8 Å². The lowest BCUT2D eigenvalue weighted by molar-refractivity contribution is -0.119. The van der Waals surface area contributed by atoms with Gasteiger partial charge in [-0.25, -0.2) is 34.2 Å². The second-order valence-corrected chi connectivity index (χ2v) is 35.1. The van der Waals surface area contributed by atoms with Gasteiger partial charge in [0.2, 0.25) is 23.7 Å². The van der Waals surface area contributed by atoms with E-state index in [9.17, 15) is 29.2 Å². The SMILES string of the molecule is COc1ccc(C(OC[C@@H]2O[C@@H](n3cnc4c(NC(=O)c5ccccc5)ncnc43)C[C@H]2C(c2cccc(Cl)c2)[C@H]2O[C@@H](n3cnc4c(=O)[nH]c(NC(=O)C(C)C)nc43)C[C@@H]2OP(=O)(OC[C@H]2O[C@@H](n3cnc4c(=O)[nH]c(NC(=O)C(C)C)nc43)C[C@@H]2OP(OCCC#N)N(C(C)C)C(C)C)Oc2ccccc2Cl)(c2ccccc2)c2ccc(OC)cc2)cc1. The third-order valence-electron chi connectivity index (χ3n) is 21.8. The zero-order chi connectivity index (χ0) is 88.0. The number of phosphoric ester groups is 1. The van der Waals surface area contributed by atoms with Gasteiger partial charge in [-0.05, 0) is 117 Å². The van der Waals surface area contributed by atoms with E-state index in [2.05, 4.69) is 51.9 Å². The van der Waals surface area contributed by atoms with Gasteiger partial charge in [-0.15, -0.1) is 0 Å². The number of H-pyrrole nitrogens is 2. The zero-order valence-corrected chi connectivity index (χ0v) is 73.1. The lowest BCUT2D eigenvalue weighted by Gasteiger charge is -2.39. The first-order valence-electron chi connectivity index (χ1n) is 40.7. The summed E-state index contributed by atoms with van der Waals surface area (Å²) >= 11 is 14.3. The van der Waals surface area contributed by atoms with Gasteiger partial charge in [0.05, 0.1) is 88.8 Å². The van der Waals surface area contributed by atoms with Crippen LogP contribution >= 0.6 is 39.6 Å². The Labute approximate surface area is 729 Å². The maximum atomic E-state index is 17.3. The number of carbonyl (C=O) groups is 3. The predicted octanol–water partition coefficient (Wildman–Crippen LogP) is 15.4. The molecule has 3 amide bonds. The number of nitrogens with zero attached hydrogens (tertiary/aromatic N) is 12. The van der Waals surface area contributed by atoms with E-state index in [1.165, 1.54) is 40.2 Å². The minimum Gasteiger partial charge on any atom is -0.497 e. The van der Waals surface area contributed by atoms with Gasteiger partial charge in [0.15, 0.2) is 39.3 Å². The third kappa shape index (κ3) is 19.3. The van der Waals surface area contributed by atoms with Gasteiger partial charge in [0.1, 0.15) is 60.1 Å². The Kier molecular flexibility index (Phi) is 27.4. The number of nitrogens with one attached hydrogen (secondary N) is 5. The molecule has 0 bridgehead atoms. The largest absolute Gasteiger partial charge is 0.530 e. The maximum absolute atomic E-state index is 17.3. The minimum absolute atomic E-state index is 0.00523. The maximum Gasteiger partial charge on any atom is 0.530 e. The van der Waals surface area contributed by atoms with E-state index in [1.54, 1.807) is 113 Å². The van der Waals surface area contributed by atoms with E-state index in [0.717, 1.165) is 5.56 Å². The van der Waals surface area contributed by atoms with Crippen molar-refractivity contribution in [3.8, 4) is 23.3 Å². The summed E-state index contributed by atoms with van der Waals surface area (Å²) in [6.45, 7) is 13.8. The van der Waals surface area contributed by atoms with E-state index in [4.69, 9.17) is 89.2 Å². The summed E-state index contributed by atoms with van der Waals surface area (Å²) in [5.41, 5.74) is 0.601. The summed E-state index contributed by atoms with van der Waals surface area (Å²) in [5, 5.41) is 18.5. The molecule has 3 fully saturated rings. The van der Waals surface area contributed by atoms with Gasteiger partial charge in [-0.1, -0.05) is 148 Å². The molecule has 0 radical (unpaired) electrons. The topological polar surface area (TPSA) is 404 Å². The molecule has 0 aliphatic carbocycles. The van der Waals surface area contributed by atoms with Crippen LogP contribution in [0.25, 0.3) is 33.5 Å². The molecule has 38 heteroatoms. The molecule has 15 rings (SSSR count). The molecule has 3 aliphatic rings. The molecule has 125 heavy (non-hydrogen) atoms. The van der Waals surface area contributed by atoms with Gasteiger partial charge in [-0.3, -0.25) is 67.3 Å². The Balaban J connectivity index is 0.887. The molecule has 0 saturated carbocycles. The first-order valence-corrected chi connectivity index (χ1v) is 44.1. The number of methoxy groups -OCH3 is 2. The molecular weight excluding hydrogens is 1690 g/mol. The first kappa shape index (κ1) is 88.6. The van der Waals surface area contributed by atoms with Crippen molar-refractivity contribution in [1.82, 2.24) is 63.2 Å². The number of hydrogen-bond acceptors (Lipinski definition) is 26. The van der Waals surface area contributed by atoms with Crippen LogP contribution in [0.4, 0.5) is 17.7 Å². The normalized spacial score (nSPS) is 20.1. The standard InChI is InChI=1S/C87H93Cl2N17O17P2/c1-49(2)80(107)99-85-97-78-73(83(110)101-85)94-47-104(78)69-41-64(121-124(116-38-20-37-90)106(51(5)6)52(7)8)67(119-69)44-117-125(112,122-63-28-18-17-27-62(63)89)123-65-42-70(105-48-95-74-79(105)98-86(102-84(74)111)100-81(108)50(3)4)120-75(65)71(54-23-19-26-58(88)39-54)61-40-68(103-46-93-72-76(91-45-92-77(72)103)96-82(109)53-21-13-11-14-22-53)118-66(61)43-115-87(55-24-15-12-16-25-55,56-29-33-59(113-9)34-30-56)57-31-35-60(114-10)36-32-57/h11-19,21-36,39,45-52,61,64-71,75H,20,38,40-44H2,1-10H3,(H,91,92,96,109)(H2,97,99,101,107,110)(H2,98,100,102,108,111)/t61-,64+,65+,66+,67-,68-,69-,70-,71?,75+,124?,125?/m1/s1. The van der Waals surface area contributed by atoms with Gasteiger partial charge in [-0.2, -0.15) is 15.2 Å². The Morgan fingerprint density at radius 2 is 1.17 bits per heavy atom. The van der Waals surface area contributed by atoms with Crippen LogP contribution in [0.5, 0.6) is 17.2 Å². The number of aromatic amines is 2. The number of halogens is 2. The molecule has 3 unspecified atom stereocenters. The number of nitriles is 1. The average Bonchev–Trinajstić information content (AvgIpc) is 1.72. The Hall–Kier alpha value is -11.3. The van der Waals surface area contributed by atoms with Crippen LogP contribution in [0.3, 0.4) is 0 Å². The number of phosphoric acid groups is 1. The number of imidazole rings is 3. The minimum atomic E-state index is -5.33. The van der Waals surface area contributed by atoms with Crippen LogP contribution in [0.1, 0.15) is 138 Å². The van der Waals surface area contributed by atoms with E-state index >= 15 is 4.57 Å². The fraction of sp³-hybridized carbons (Fsp3) is 0.368. The Bertz CT molecular complexity index is 6010. The number of para-hydroxylation sites is 1. The number of anilines is 3. The fourth-order valence-electron chi connectivity index (χ4n) is 15.8. The second-order valence-electron chi connectivity index (χ2n) is 31.3. The van der Waals surface area contributed by atoms with Crippen LogP contribution in [0, 0.1) is 29.1 Å². The predicted molar refractivity (Wildman–Crippen MR) is 465 cm³/mol. The number of aromatic nitrogens is 12. The third-order valence-corrected chi connectivity index (χ3v) is 25.9. The number of rotatable bonds is 35. The summed E-state index contributed by atoms with van der Waals surface area (Å²) in [5.74, 6) is -3.33. The van der Waals surface area contributed by atoms with Crippen molar-refractivity contribution < 1.29 is 70.0 Å². The van der Waals surface area contributed by atoms with Crippen molar-refractivity contribution in [2.24, 2.45) is 17.8 Å². The fourth-order valence-corrected chi connectivity index (χ4v) is 19.4. The molecule has 12 atom stereocenters. The average molecular weight is 1780 g/mol. The van der Waals surface area contributed by atoms with E-state index in [-0.39, 0.29) is 113 Å². The van der Waals surface area contributed by atoms with Gasteiger partial charge < -0.3 is 47.3 Å². The van der Waals surface area contributed by atoms with E-state index < -0.39 is 130 Å². The molecule has 6 aromatic carbocycles. The van der Waals surface area contributed by atoms with Gasteiger partial charge in [0.25, 0.3) is 25.6 Å². The van der Waals surface area contributed by atoms with Crippen molar-refractivity contribution in [2.75, 3.05) is 50.0 Å². The van der Waals surface area contributed by atoms with Gasteiger partial charge in [0, 0.05) is 59.2 Å². The van der Waals surface area contributed by atoms with Crippen LogP contribution in [0.15, 0.2) is 193 Å². The number of ether oxygens (including phenoxy) is 6. The van der Waals surface area contributed by atoms with Crippen molar-refractivity contribution in [3.63, 3.8) is 0 Å². The Morgan fingerprint density at radius 3 is 1.74 bits per heavy atom. The summed E-state index contributed by atoms with van der Waals surface area (Å²) in [4.78, 5) is 106. The zero-order valence-electron chi connectivity index (χ0n) is 69.8.